The molecular weight excluding hydrogens is 302 g/mol. The third-order valence-corrected chi connectivity index (χ3v) is 3.99. The Kier molecular flexibility index (Phi) is 4.47. The number of ether oxygens (including phenoxy) is 1. The van der Waals surface area contributed by atoms with Gasteiger partial charge in [0.1, 0.15) is 0 Å². The highest BCUT2D eigenvalue weighted by molar-refractivity contribution is 5.82. The molecule has 0 aliphatic rings. The van der Waals surface area contributed by atoms with Crippen molar-refractivity contribution < 1.29 is 9.13 Å². The summed E-state index contributed by atoms with van der Waals surface area (Å²) in [6.45, 7) is 7.02. The zero-order chi connectivity index (χ0) is 17.2. The monoisotopic (exact) mass is 323 g/mol. The Bertz CT molecular complexity index is 838. The van der Waals surface area contributed by atoms with Crippen LogP contribution in [0.4, 0.5) is 4.39 Å². The lowest BCUT2D eigenvalue weighted by molar-refractivity contribution is 0.307. The van der Waals surface area contributed by atoms with E-state index in [1.807, 2.05) is 18.2 Å². The Morgan fingerprint density at radius 3 is 2.38 bits per heavy atom. The lowest BCUT2D eigenvalue weighted by atomic mass is 9.86. The summed E-state index contributed by atoms with van der Waals surface area (Å²) in [5.74, 6) is 0.296. The third-order valence-electron chi connectivity index (χ3n) is 3.99. The zero-order valence-electron chi connectivity index (χ0n) is 14.2. The van der Waals surface area contributed by atoms with Crippen molar-refractivity contribution in [3.05, 3.63) is 65.7 Å². The molecule has 0 amide bonds. The van der Waals surface area contributed by atoms with E-state index >= 15 is 0 Å². The van der Waals surface area contributed by atoms with Gasteiger partial charge in [0, 0.05) is 6.42 Å². The van der Waals surface area contributed by atoms with E-state index in [4.69, 9.17) is 4.74 Å². The first kappa shape index (κ1) is 16.4. The molecule has 0 spiro atoms. The maximum absolute atomic E-state index is 13.5. The molecule has 0 unspecified atom stereocenters. The van der Waals surface area contributed by atoms with Crippen molar-refractivity contribution in [3.8, 4) is 5.88 Å². The molecule has 0 fully saturated rings. The second-order valence-electron chi connectivity index (χ2n) is 6.86. The van der Waals surface area contributed by atoms with Gasteiger partial charge >= 0.3 is 6.08 Å². The number of hydrogen-bond acceptors (Lipinski definition) is 3. The fourth-order valence-corrected chi connectivity index (χ4v) is 2.57. The van der Waals surface area contributed by atoms with E-state index in [-0.39, 0.29) is 5.41 Å². The molecule has 0 aliphatic heterocycles. The predicted molar refractivity (Wildman–Crippen MR) is 93.8 cm³/mol. The zero-order valence-corrected chi connectivity index (χ0v) is 14.2. The van der Waals surface area contributed by atoms with Crippen molar-refractivity contribution in [2.24, 2.45) is 0 Å². The van der Waals surface area contributed by atoms with Crippen molar-refractivity contribution in [1.82, 2.24) is 9.97 Å². The molecule has 124 valence electrons. The van der Waals surface area contributed by atoms with Gasteiger partial charge < -0.3 is 4.74 Å². The fourth-order valence-electron chi connectivity index (χ4n) is 2.57. The van der Waals surface area contributed by atoms with Crippen LogP contribution in [-0.2, 0) is 11.8 Å². The fraction of sp³-hybridized carbons (Fsp3) is 0.300. The Morgan fingerprint density at radius 1 is 0.958 bits per heavy atom. The summed E-state index contributed by atoms with van der Waals surface area (Å²) < 4.78 is 19.2. The van der Waals surface area contributed by atoms with Crippen LogP contribution in [0.15, 0.2) is 48.5 Å². The molecule has 24 heavy (non-hydrogen) atoms. The van der Waals surface area contributed by atoms with Gasteiger partial charge in [-0.3, -0.25) is 0 Å². The molecule has 0 saturated carbocycles. The summed E-state index contributed by atoms with van der Waals surface area (Å²) in [6.07, 6.45) is -0.0251. The Balaban J connectivity index is 1.69. The van der Waals surface area contributed by atoms with E-state index in [0.717, 1.165) is 11.8 Å². The molecule has 0 radical (unpaired) electrons. The van der Waals surface area contributed by atoms with Gasteiger partial charge in [0.05, 0.1) is 17.5 Å². The smallest absolute Gasteiger partial charge is 0.312 e. The summed E-state index contributed by atoms with van der Waals surface area (Å²) in [5.41, 5.74) is 3.18. The molecule has 4 heteroatoms. The summed E-state index contributed by atoms with van der Waals surface area (Å²) >= 11 is 0. The second-order valence-corrected chi connectivity index (χ2v) is 6.86. The quantitative estimate of drug-likeness (QED) is 0.653. The number of aromatic nitrogens is 2. The van der Waals surface area contributed by atoms with E-state index in [1.54, 1.807) is 6.07 Å². The number of benzene rings is 2. The first-order chi connectivity index (χ1) is 11.4. The van der Waals surface area contributed by atoms with E-state index in [2.05, 4.69) is 55.0 Å². The Labute approximate surface area is 141 Å². The molecule has 1 heterocycles. The van der Waals surface area contributed by atoms with Crippen LogP contribution in [0.1, 0.15) is 31.9 Å². The third kappa shape index (κ3) is 3.70. The largest absolute Gasteiger partial charge is 0.477 e. The maximum atomic E-state index is 13.5. The van der Waals surface area contributed by atoms with Gasteiger partial charge in [0.25, 0.3) is 0 Å². The topological polar surface area (TPSA) is 35.0 Å². The number of halogens is 1. The van der Waals surface area contributed by atoms with E-state index in [9.17, 15) is 4.39 Å². The van der Waals surface area contributed by atoms with Crippen LogP contribution in [0.3, 0.4) is 0 Å². The van der Waals surface area contributed by atoms with Gasteiger partial charge in [-0.2, -0.15) is 9.37 Å². The van der Waals surface area contributed by atoms with E-state index in [1.165, 1.54) is 11.1 Å². The summed E-state index contributed by atoms with van der Waals surface area (Å²) in [6, 6.07) is 15.8. The number of fused-ring (bicyclic) bond motifs is 1. The summed E-state index contributed by atoms with van der Waals surface area (Å²) in [7, 11) is 0. The van der Waals surface area contributed by atoms with Crippen LogP contribution in [0, 0.1) is 6.08 Å². The lowest BCUT2D eigenvalue weighted by Crippen LogP contribution is -2.11. The van der Waals surface area contributed by atoms with Crippen LogP contribution in [0.25, 0.3) is 10.9 Å². The van der Waals surface area contributed by atoms with Crippen LogP contribution < -0.4 is 4.74 Å². The normalized spacial score (nSPS) is 11.7. The van der Waals surface area contributed by atoms with Gasteiger partial charge in [0.2, 0.25) is 5.88 Å². The standard InChI is InChI=1S/C20H21FN2O/c1-20(2,3)15-10-8-14(9-11-15)12-13-24-18-16-6-4-5-7-17(16)22-19(21)23-18/h4-11H,12-13H2,1-3H3/i21-1. The maximum Gasteiger partial charge on any atom is 0.312 e. The van der Waals surface area contributed by atoms with Gasteiger partial charge in [-0.05, 0) is 28.7 Å². The molecule has 0 atom stereocenters. The number of hydrogen-bond donors (Lipinski definition) is 0. The Hall–Kier alpha value is -2.49. The lowest BCUT2D eigenvalue weighted by Gasteiger charge is -2.19. The molecule has 3 nitrogen and oxygen atoms in total. The van der Waals surface area contributed by atoms with E-state index in [0.29, 0.717) is 18.0 Å². The molecule has 3 rings (SSSR count). The average molecular weight is 323 g/mol. The Morgan fingerprint density at radius 2 is 1.67 bits per heavy atom. The molecule has 0 N–H and O–H groups in total. The first-order valence-electron chi connectivity index (χ1n) is 8.08. The van der Waals surface area contributed by atoms with Crippen molar-refractivity contribution in [2.45, 2.75) is 32.6 Å². The van der Waals surface area contributed by atoms with Gasteiger partial charge in [-0.25, -0.2) is 4.98 Å². The van der Waals surface area contributed by atoms with Crippen molar-refractivity contribution >= 4 is 10.9 Å². The minimum Gasteiger partial charge on any atom is -0.477 e. The molecule has 1 aromatic heterocycles. The molecule has 0 saturated heterocycles. The van der Waals surface area contributed by atoms with Crippen LogP contribution in [0.2, 0.25) is 0 Å². The highest BCUT2D eigenvalue weighted by atomic mass is 18.2. The molecule has 3 aromatic rings. The first-order valence-corrected chi connectivity index (χ1v) is 8.08. The minimum absolute atomic E-state index is 0.145. The van der Waals surface area contributed by atoms with Crippen LogP contribution in [-0.4, -0.2) is 16.6 Å². The molecule has 0 aliphatic carbocycles. The van der Waals surface area contributed by atoms with Crippen LogP contribution in [0.5, 0.6) is 5.88 Å². The van der Waals surface area contributed by atoms with Crippen molar-refractivity contribution in [3.63, 3.8) is 0 Å². The van der Waals surface area contributed by atoms with Crippen molar-refractivity contribution in [1.29, 1.82) is 0 Å². The highest BCUT2D eigenvalue weighted by Crippen LogP contribution is 2.23. The minimum atomic E-state index is -0.766. The number of para-hydroxylation sites is 1. The molecular formula is C20H21FN2O. The van der Waals surface area contributed by atoms with Crippen molar-refractivity contribution in [2.75, 3.05) is 6.61 Å². The summed E-state index contributed by atoms with van der Waals surface area (Å²) in [4.78, 5) is 7.56. The number of rotatable bonds is 4. The van der Waals surface area contributed by atoms with Gasteiger partial charge in [0.15, 0.2) is 0 Å². The van der Waals surface area contributed by atoms with Gasteiger partial charge in [-0.15, -0.1) is 0 Å². The van der Waals surface area contributed by atoms with Gasteiger partial charge in [-0.1, -0.05) is 57.2 Å². The second kappa shape index (κ2) is 6.56. The molecule has 0 bridgehead atoms. The SMILES string of the molecule is CC(C)(C)c1ccc(CCOc2nc([18F])nc3ccccc23)cc1. The van der Waals surface area contributed by atoms with Crippen LogP contribution >= 0.6 is 0 Å². The number of nitrogens with zero attached hydrogens (tertiary/aromatic N) is 2. The predicted octanol–water partition coefficient (Wildman–Crippen LogP) is 4.69. The van der Waals surface area contributed by atoms with E-state index < -0.39 is 6.08 Å². The average Bonchev–Trinajstić information content (AvgIpc) is 2.54. The molecule has 2 aromatic carbocycles. The summed E-state index contributed by atoms with van der Waals surface area (Å²) in [5, 5.41) is 0.724. The highest BCUT2D eigenvalue weighted by Gasteiger charge is 2.13.